The van der Waals surface area contributed by atoms with E-state index in [-0.39, 0.29) is 6.42 Å². The van der Waals surface area contributed by atoms with Crippen molar-refractivity contribution in [1.82, 2.24) is 4.90 Å². The van der Waals surface area contributed by atoms with Gasteiger partial charge in [-0.05, 0) is 12.0 Å². The van der Waals surface area contributed by atoms with E-state index in [2.05, 4.69) is 0 Å². The normalized spacial score (nSPS) is 15.2. The lowest BCUT2D eigenvalue weighted by Gasteiger charge is -2.24. The summed E-state index contributed by atoms with van der Waals surface area (Å²) in [6, 6.07) is 8.34. The molecule has 1 aromatic rings. The number of carbonyl (C=O) groups excluding carboxylic acids is 3. The second-order valence-electron chi connectivity index (χ2n) is 5.11. The molecular formula is C17H19NO4. The lowest BCUT2D eigenvalue weighted by molar-refractivity contribution is -0.157. The number of ether oxygens (including phenoxy) is 1. The van der Waals surface area contributed by atoms with Crippen LogP contribution in [0.1, 0.15) is 25.3 Å². The summed E-state index contributed by atoms with van der Waals surface area (Å²) in [5, 5.41) is 0. The zero-order chi connectivity index (χ0) is 15.9. The van der Waals surface area contributed by atoms with E-state index in [4.69, 9.17) is 4.74 Å². The summed E-state index contributed by atoms with van der Waals surface area (Å²) < 4.78 is 5.21. The van der Waals surface area contributed by atoms with Gasteiger partial charge < -0.3 is 4.74 Å². The molecule has 1 atom stereocenters. The molecular weight excluding hydrogens is 282 g/mol. The van der Waals surface area contributed by atoms with Gasteiger partial charge in [0.1, 0.15) is 6.04 Å². The van der Waals surface area contributed by atoms with Gasteiger partial charge in [0, 0.05) is 18.6 Å². The van der Waals surface area contributed by atoms with Gasteiger partial charge in [-0.1, -0.05) is 43.7 Å². The van der Waals surface area contributed by atoms with Gasteiger partial charge >= 0.3 is 5.97 Å². The Bertz CT molecular complexity index is 562. The van der Waals surface area contributed by atoms with Crippen molar-refractivity contribution in [3.8, 4) is 0 Å². The van der Waals surface area contributed by atoms with Crippen LogP contribution in [0.4, 0.5) is 0 Å². The van der Waals surface area contributed by atoms with E-state index in [1.807, 2.05) is 37.3 Å². The van der Waals surface area contributed by atoms with Crippen molar-refractivity contribution in [2.24, 2.45) is 0 Å². The van der Waals surface area contributed by atoms with Crippen molar-refractivity contribution in [1.29, 1.82) is 0 Å². The van der Waals surface area contributed by atoms with Crippen molar-refractivity contribution in [3.05, 3.63) is 48.0 Å². The van der Waals surface area contributed by atoms with E-state index in [0.29, 0.717) is 6.61 Å². The molecule has 5 heteroatoms. The Balaban J connectivity index is 2.15. The summed E-state index contributed by atoms with van der Waals surface area (Å²) in [4.78, 5) is 37.0. The lowest BCUT2D eigenvalue weighted by Crippen LogP contribution is -2.47. The first kappa shape index (κ1) is 15.9. The molecule has 2 amide bonds. The topological polar surface area (TPSA) is 63.7 Å². The summed E-state index contributed by atoms with van der Waals surface area (Å²) in [6.45, 7) is 2.29. The minimum atomic E-state index is -0.922. The summed E-state index contributed by atoms with van der Waals surface area (Å²) >= 11 is 0. The molecule has 0 N–H and O–H groups in total. The molecule has 0 spiro atoms. The second kappa shape index (κ2) is 7.54. The highest BCUT2D eigenvalue weighted by molar-refractivity contribution is 6.14. The van der Waals surface area contributed by atoms with Crippen LogP contribution in [0, 0.1) is 0 Å². The standard InChI is InChI=1S/C17H19NO4/c1-2-3-11-22-17(21)14(12-13-7-5-4-6-8-13)18-15(19)9-10-16(18)20/h4-10,14H,2-3,11-12H2,1H3. The number of hydrogen-bond acceptors (Lipinski definition) is 4. The van der Waals surface area contributed by atoms with Crippen LogP contribution in [0.25, 0.3) is 0 Å². The predicted octanol–water partition coefficient (Wildman–Crippen LogP) is 1.87. The van der Waals surface area contributed by atoms with Crippen LogP contribution in [0.3, 0.4) is 0 Å². The van der Waals surface area contributed by atoms with E-state index in [1.54, 1.807) is 0 Å². The number of rotatable bonds is 7. The minimum absolute atomic E-state index is 0.255. The molecule has 1 aromatic carbocycles. The Kier molecular flexibility index (Phi) is 5.47. The third-order valence-corrected chi connectivity index (χ3v) is 3.44. The van der Waals surface area contributed by atoms with Crippen LogP contribution >= 0.6 is 0 Å². The number of nitrogens with zero attached hydrogens (tertiary/aromatic N) is 1. The molecule has 1 aliphatic rings. The van der Waals surface area contributed by atoms with Gasteiger partial charge in [-0.3, -0.25) is 14.5 Å². The number of unbranched alkanes of at least 4 members (excludes halogenated alkanes) is 1. The van der Waals surface area contributed by atoms with Gasteiger partial charge in [0.2, 0.25) is 0 Å². The molecule has 1 heterocycles. The van der Waals surface area contributed by atoms with E-state index in [9.17, 15) is 14.4 Å². The predicted molar refractivity (Wildman–Crippen MR) is 80.8 cm³/mol. The fraction of sp³-hybridized carbons (Fsp3) is 0.353. The van der Waals surface area contributed by atoms with Gasteiger partial charge in [-0.25, -0.2) is 4.79 Å². The zero-order valence-electron chi connectivity index (χ0n) is 12.5. The molecule has 0 aromatic heterocycles. The largest absolute Gasteiger partial charge is 0.464 e. The maximum absolute atomic E-state index is 12.3. The summed E-state index contributed by atoms with van der Waals surface area (Å²) in [7, 11) is 0. The third-order valence-electron chi connectivity index (χ3n) is 3.44. The molecule has 22 heavy (non-hydrogen) atoms. The highest BCUT2D eigenvalue weighted by Gasteiger charge is 2.36. The van der Waals surface area contributed by atoms with E-state index in [1.165, 1.54) is 12.2 Å². The fourth-order valence-electron chi connectivity index (χ4n) is 2.25. The maximum atomic E-state index is 12.3. The molecule has 2 rings (SSSR count). The van der Waals surface area contributed by atoms with E-state index in [0.717, 1.165) is 23.3 Å². The third kappa shape index (κ3) is 3.81. The molecule has 0 radical (unpaired) electrons. The number of amides is 2. The summed E-state index contributed by atoms with van der Waals surface area (Å²) in [6.07, 6.45) is 4.27. The fourth-order valence-corrected chi connectivity index (χ4v) is 2.25. The first-order valence-corrected chi connectivity index (χ1v) is 7.39. The minimum Gasteiger partial charge on any atom is -0.464 e. The Labute approximate surface area is 129 Å². The Morgan fingerprint density at radius 2 is 1.77 bits per heavy atom. The number of hydrogen-bond donors (Lipinski definition) is 0. The van der Waals surface area contributed by atoms with Gasteiger partial charge in [0.25, 0.3) is 11.8 Å². The number of carbonyl (C=O) groups is 3. The van der Waals surface area contributed by atoms with Gasteiger partial charge in [-0.15, -0.1) is 0 Å². The molecule has 0 saturated heterocycles. The first-order valence-electron chi connectivity index (χ1n) is 7.39. The Morgan fingerprint density at radius 3 is 2.36 bits per heavy atom. The average Bonchev–Trinajstić information content (AvgIpc) is 2.85. The van der Waals surface area contributed by atoms with Crippen molar-refractivity contribution in [2.45, 2.75) is 32.2 Å². The van der Waals surface area contributed by atoms with Crippen LogP contribution in [0.15, 0.2) is 42.5 Å². The lowest BCUT2D eigenvalue weighted by atomic mass is 10.0. The molecule has 116 valence electrons. The van der Waals surface area contributed by atoms with Crippen molar-refractivity contribution in [2.75, 3.05) is 6.61 Å². The van der Waals surface area contributed by atoms with Crippen LogP contribution in [-0.4, -0.2) is 35.3 Å². The van der Waals surface area contributed by atoms with Crippen LogP contribution in [-0.2, 0) is 25.5 Å². The highest BCUT2D eigenvalue weighted by Crippen LogP contribution is 2.16. The molecule has 0 fully saturated rings. The Morgan fingerprint density at radius 1 is 1.14 bits per heavy atom. The molecule has 0 saturated carbocycles. The highest BCUT2D eigenvalue weighted by atomic mass is 16.5. The summed E-state index contributed by atoms with van der Waals surface area (Å²) in [5.74, 6) is -1.49. The SMILES string of the molecule is CCCCOC(=O)C(Cc1ccccc1)N1C(=O)C=CC1=O. The van der Waals surface area contributed by atoms with Crippen LogP contribution in [0.5, 0.6) is 0 Å². The summed E-state index contributed by atoms with van der Waals surface area (Å²) in [5.41, 5.74) is 0.868. The number of imide groups is 1. The molecule has 0 aliphatic carbocycles. The Hall–Kier alpha value is -2.43. The molecule has 5 nitrogen and oxygen atoms in total. The van der Waals surface area contributed by atoms with E-state index >= 15 is 0 Å². The van der Waals surface area contributed by atoms with Gasteiger partial charge in [0.05, 0.1) is 6.61 Å². The zero-order valence-corrected chi connectivity index (χ0v) is 12.5. The number of benzene rings is 1. The average molecular weight is 301 g/mol. The van der Waals surface area contributed by atoms with Gasteiger partial charge in [0.15, 0.2) is 0 Å². The second-order valence-corrected chi connectivity index (χ2v) is 5.11. The molecule has 1 aliphatic heterocycles. The first-order chi connectivity index (χ1) is 10.6. The van der Waals surface area contributed by atoms with Crippen LogP contribution in [0.2, 0.25) is 0 Å². The smallest absolute Gasteiger partial charge is 0.329 e. The van der Waals surface area contributed by atoms with Crippen molar-refractivity contribution < 1.29 is 19.1 Å². The quantitative estimate of drug-likeness (QED) is 0.438. The van der Waals surface area contributed by atoms with Crippen LogP contribution < -0.4 is 0 Å². The van der Waals surface area contributed by atoms with Gasteiger partial charge in [-0.2, -0.15) is 0 Å². The maximum Gasteiger partial charge on any atom is 0.329 e. The van der Waals surface area contributed by atoms with E-state index < -0.39 is 23.8 Å². The molecule has 1 unspecified atom stereocenters. The number of esters is 1. The monoisotopic (exact) mass is 301 g/mol. The molecule has 0 bridgehead atoms. The van der Waals surface area contributed by atoms with Crippen molar-refractivity contribution in [3.63, 3.8) is 0 Å². The van der Waals surface area contributed by atoms with Crippen molar-refractivity contribution >= 4 is 17.8 Å².